The fraction of sp³-hybridized carbons (Fsp3) is 0.688. The van der Waals surface area contributed by atoms with Crippen molar-refractivity contribution < 1.29 is 89.4 Å². The number of allylic oxidation sites excluding steroid dienone is 27. The van der Waals surface area contributed by atoms with Crippen LogP contribution in [-0.2, 0) is 33.2 Å². The summed E-state index contributed by atoms with van der Waals surface area (Å²) in [6.07, 6.45) is 79.1. The summed E-state index contributed by atoms with van der Waals surface area (Å²) in [6.45, 7) is 1.59. The molecule has 3 aliphatic rings. The van der Waals surface area contributed by atoms with Gasteiger partial charge in [-0.15, -0.1) is 0 Å². The van der Waals surface area contributed by atoms with E-state index in [2.05, 4.69) is 177 Å². The summed E-state index contributed by atoms with van der Waals surface area (Å²) in [5.41, 5.74) is 0. The van der Waals surface area contributed by atoms with Crippen LogP contribution < -0.4 is 5.32 Å². The number of carbonyl (C=O) groups is 1. The molecule has 112 heavy (non-hydrogen) atoms. The Morgan fingerprint density at radius 3 is 1.00 bits per heavy atom. The first-order valence-electron chi connectivity index (χ1n) is 43.4. The van der Waals surface area contributed by atoms with Gasteiger partial charge < -0.3 is 89.9 Å². The Morgan fingerprint density at radius 2 is 0.625 bits per heavy atom. The summed E-state index contributed by atoms with van der Waals surface area (Å²) in [6, 6.07) is -1.02. The maximum atomic E-state index is 13.5. The number of carbonyl (C=O) groups excluding carboxylic acids is 1. The largest absolute Gasteiger partial charge is 0.394 e. The van der Waals surface area contributed by atoms with Gasteiger partial charge in [0, 0.05) is 6.42 Å². The molecule has 3 rings (SSSR count). The molecule has 638 valence electrons. The second kappa shape index (κ2) is 70.4. The van der Waals surface area contributed by atoms with Crippen molar-refractivity contribution in [1.82, 2.24) is 5.32 Å². The van der Waals surface area contributed by atoms with Crippen LogP contribution in [0.1, 0.15) is 277 Å². The quantitative estimate of drug-likeness (QED) is 0.0199. The number of hydrogen-bond acceptors (Lipinski definition) is 18. The first-order chi connectivity index (χ1) is 54.8. The summed E-state index contributed by atoms with van der Waals surface area (Å²) in [7, 11) is 0. The lowest BCUT2D eigenvalue weighted by Crippen LogP contribution is -2.66. The first-order valence-corrected chi connectivity index (χ1v) is 43.4. The average Bonchev–Trinajstić information content (AvgIpc) is 0.781. The van der Waals surface area contributed by atoms with Gasteiger partial charge in [0.05, 0.1) is 38.6 Å². The predicted octanol–water partition coefficient (Wildman–Crippen LogP) is 16.1. The molecule has 3 saturated heterocycles. The standard InChI is InChI=1S/C93H153NO18/c1-3-5-7-9-11-13-15-17-19-21-23-25-27-29-31-32-33-34-35-36-37-38-39-40-41-42-43-44-45-47-49-51-53-55-57-59-61-63-65-67-69-71-81(99)94-76(77(98)70-68-66-64-62-60-58-56-54-52-50-48-46-30-28-26-24-22-20-18-16-14-12-10-8-6-4-2)75-107-91-87(105)84(102)89(79(73-96)109-91)112-93-88(106)85(103)90(80(74-97)110-93)111-92-86(104)83(101)82(100)78(72-95)108-92/h5,7,11,13,17,19,23,25,29,31,33-34,36-37,39-40,42-43,45,47,51,53,57,59-60,62,68,70,76-80,82-93,95-98,100-106H,3-4,6,8-10,12,14-16,18,20-22,24,26-28,30,32,35,38,41,44,46,48-50,52,54-56,58,61,63-67,69,71-75H2,1-2H3,(H,94,99)/b7-5-,13-11-,19-17-,25-23-,31-29-,34-33-,37-36-,40-39-,43-42-,47-45-,53-51-,59-57-,62-60+,70-68+. The molecule has 0 bridgehead atoms. The normalized spacial score (nSPS) is 25.8. The van der Waals surface area contributed by atoms with Crippen LogP contribution in [0.25, 0.3) is 0 Å². The molecule has 12 N–H and O–H groups in total. The van der Waals surface area contributed by atoms with Crippen LogP contribution in [0.15, 0.2) is 170 Å². The molecule has 19 heteroatoms. The van der Waals surface area contributed by atoms with E-state index in [1.54, 1.807) is 6.08 Å². The van der Waals surface area contributed by atoms with E-state index < -0.39 is 124 Å². The van der Waals surface area contributed by atoms with Crippen LogP contribution in [0, 0.1) is 0 Å². The van der Waals surface area contributed by atoms with E-state index in [9.17, 15) is 61.0 Å². The summed E-state index contributed by atoms with van der Waals surface area (Å²) in [5.74, 6) is -0.315. The molecule has 19 nitrogen and oxygen atoms in total. The van der Waals surface area contributed by atoms with Gasteiger partial charge in [0.25, 0.3) is 0 Å². The molecule has 0 aliphatic carbocycles. The highest BCUT2D eigenvalue weighted by molar-refractivity contribution is 5.76. The number of amides is 1. The Kier molecular flexibility index (Phi) is 63.7. The van der Waals surface area contributed by atoms with E-state index in [0.29, 0.717) is 12.8 Å². The minimum absolute atomic E-state index is 0.195. The zero-order chi connectivity index (χ0) is 81.0. The molecule has 0 radical (unpaired) electrons. The van der Waals surface area contributed by atoms with Crippen molar-refractivity contribution in [2.45, 2.75) is 381 Å². The molecule has 17 atom stereocenters. The van der Waals surface area contributed by atoms with Crippen LogP contribution in [0.3, 0.4) is 0 Å². The van der Waals surface area contributed by atoms with Gasteiger partial charge >= 0.3 is 0 Å². The molecule has 0 aromatic rings. The molecule has 0 aromatic heterocycles. The molecular formula is C93H153NO18. The molecule has 0 spiro atoms. The Balaban J connectivity index is 1.37. The minimum atomic E-state index is -1.99. The fourth-order valence-corrected chi connectivity index (χ4v) is 13.4. The molecule has 3 aliphatic heterocycles. The van der Waals surface area contributed by atoms with E-state index >= 15 is 0 Å². The van der Waals surface area contributed by atoms with Crippen molar-refractivity contribution in [3.63, 3.8) is 0 Å². The van der Waals surface area contributed by atoms with Gasteiger partial charge in [-0.2, -0.15) is 0 Å². The van der Waals surface area contributed by atoms with Crippen LogP contribution in [-0.4, -0.2) is 193 Å². The topological polar surface area (TPSA) is 307 Å². The Morgan fingerprint density at radius 1 is 0.330 bits per heavy atom. The highest BCUT2D eigenvalue weighted by atomic mass is 16.8. The van der Waals surface area contributed by atoms with Crippen molar-refractivity contribution >= 4 is 5.91 Å². The molecular weight excluding hydrogens is 1420 g/mol. The summed E-state index contributed by atoms with van der Waals surface area (Å²) < 4.78 is 34.4. The van der Waals surface area contributed by atoms with Gasteiger partial charge in [-0.05, 0) is 122 Å². The van der Waals surface area contributed by atoms with E-state index in [1.807, 2.05) is 6.08 Å². The number of hydrogen-bond donors (Lipinski definition) is 12. The Bertz CT molecular complexity index is 2690. The van der Waals surface area contributed by atoms with E-state index in [4.69, 9.17) is 28.4 Å². The highest BCUT2D eigenvalue weighted by Gasteiger charge is 2.54. The molecule has 3 heterocycles. The van der Waals surface area contributed by atoms with E-state index in [-0.39, 0.29) is 18.9 Å². The lowest BCUT2D eigenvalue weighted by Gasteiger charge is -2.48. The van der Waals surface area contributed by atoms with Gasteiger partial charge in [0.1, 0.15) is 73.2 Å². The van der Waals surface area contributed by atoms with Gasteiger partial charge in [-0.3, -0.25) is 4.79 Å². The van der Waals surface area contributed by atoms with Crippen LogP contribution in [0.2, 0.25) is 0 Å². The van der Waals surface area contributed by atoms with Crippen molar-refractivity contribution in [3.05, 3.63) is 170 Å². The second-order valence-corrected chi connectivity index (χ2v) is 29.9. The zero-order valence-corrected chi connectivity index (χ0v) is 68.6. The van der Waals surface area contributed by atoms with Crippen LogP contribution in [0.4, 0.5) is 0 Å². The third-order valence-corrected chi connectivity index (χ3v) is 20.2. The highest BCUT2D eigenvalue weighted by Crippen LogP contribution is 2.33. The average molecular weight is 1570 g/mol. The smallest absolute Gasteiger partial charge is 0.220 e. The summed E-state index contributed by atoms with van der Waals surface area (Å²) in [5, 5.41) is 121. The van der Waals surface area contributed by atoms with E-state index in [0.717, 1.165) is 122 Å². The van der Waals surface area contributed by atoms with Crippen molar-refractivity contribution in [3.8, 4) is 0 Å². The molecule has 0 saturated carbocycles. The minimum Gasteiger partial charge on any atom is -0.394 e. The zero-order valence-electron chi connectivity index (χ0n) is 68.6. The monoisotopic (exact) mass is 1570 g/mol. The molecule has 3 fully saturated rings. The lowest BCUT2D eigenvalue weighted by atomic mass is 9.96. The SMILES string of the molecule is CC/C=C\C/C=C\C/C=C\C/C=C\C/C=C\C/C=C\C/C=C\C/C=C\C/C=C\C/C=C\C/C=C\C/C=C\CCCCCCC(=O)NC(COC1OC(CO)C(OC2OC(CO)C(OC3OC(CO)C(O)C(O)C3O)C(O)C2O)C(O)C1O)C(O)/C=C/CC/C=C/CCCCCCCCCCCCCCCCCCCCCC. The van der Waals surface area contributed by atoms with Gasteiger partial charge in [-0.1, -0.05) is 319 Å². The fourth-order valence-electron chi connectivity index (χ4n) is 13.4. The first kappa shape index (κ1) is 101. The van der Waals surface area contributed by atoms with Crippen LogP contribution >= 0.6 is 0 Å². The van der Waals surface area contributed by atoms with Gasteiger partial charge in [0.15, 0.2) is 18.9 Å². The summed E-state index contributed by atoms with van der Waals surface area (Å²) in [4.78, 5) is 13.5. The third-order valence-electron chi connectivity index (χ3n) is 20.2. The van der Waals surface area contributed by atoms with Crippen LogP contribution in [0.5, 0.6) is 0 Å². The van der Waals surface area contributed by atoms with Gasteiger partial charge in [-0.25, -0.2) is 0 Å². The number of aliphatic hydroxyl groups is 11. The third kappa shape index (κ3) is 48.6. The van der Waals surface area contributed by atoms with Crippen molar-refractivity contribution in [2.75, 3.05) is 26.4 Å². The lowest BCUT2D eigenvalue weighted by molar-refractivity contribution is -0.379. The maximum Gasteiger partial charge on any atom is 0.220 e. The molecule has 0 aromatic carbocycles. The predicted molar refractivity (Wildman–Crippen MR) is 452 cm³/mol. The molecule has 17 unspecified atom stereocenters. The van der Waals surface area contributed by atoms with E-state index in [1.165, 1.54) is 122 Å². The number of rotatable bonds is 67. The maximum absolute atomic E-state index is 13.5. The number of unbranched alkanes of at least 4 members (excludes halogenated alkanes) is 25. The number of aliphatic hydroxyl groups excluding tert-OH is 11. The van der Waals surface area contributed by atoms with Crippen molar-refractivity contribution in [1.29, 1.82) is 0 Å². The van der Waals surface area contributed by atoms with Crippen molar-refractivity contribution in [2.24, 2.45) is 0 Å². The number of nitrogens with one attached hydrogen (secondary N) is 1. The Hall–Kier alpha value is -4.85. The second-order valence-electron chi connectivity index (χ2n) is 29.9. The number of ether oxygens (including phenoxy) is 6. The Labute approximate surface area is 675 Å². The summed E-state index contributed by atoms with van der Waals surface area (Å²) >= 11 is 0. The van der Waals surface area contributed by atoms with Gasteiger partial charge in [0.2, 0.25) is 5.91 Å². The molecule has 1 amide bonds.